The Hall–Kier alpha value is -0.610. The van der Waals surface area contributed by atoms with Gasteiger partial charge in [-0.3, -0.25) is 4.79 Å². The van der Waals surface area contributed by atoms with Gasteiger partial charge in [0.2, 0.25) is 0 Å². The molecule has 4 nitrogen and oxygen atoms in total. The van der Waals surface area contributed by atoms with E-state index in [9.17, 15) is 4.79 Å². The van der Waals surface area contributed by atoms with E-state index in [1.807, 2.05) is 13.8 Å². The Morgan fingerprint density at radius 3 is 2.69 bits per heavy atom. The minimum absolute atomic E-state index is 0.0801. The number of methoxy groups -OCH3 is 1. The van der Waals surface area contributed by atoms with Gasteiger partial charge in [0.15, 0.2) is 0 Å². The number of unbranched alkanes of at least 4 members (excludes halogenated alkanes) is 2. The molecule has 96 valence electrons. The maximum absolute atomic E-state index is 11.0. The molecule has 0 aromatic heterocycles. The first-order chi connectivity index (χ1) is 7.70. The van der Waals surface area contributed by atoms with Crippen LogP contribution in [0.4, 0.5) is 0 Å². The summed E-state index contributed by atoms with van der Waals surface area (Å²) in [5.74, 6) is -0.0801. The first-order valence-electron chi connectivity index (χ1n) is 6.09. The van der Waals surface area contributed by atoms with Gasteiger partial charge >= 0.3 is 5.97 Å². The third kappa shape index (κ3) is 9.93. The van der Waals surface area contributed by atoms with Crippen LogP contribution in [0.25, 0.3) is 0 Å². The predicted octanol–water partition coefficient (Wildman–Crippen LogP) is 1.73. The van der Waals surface area contributed by atoms with Crippen molar-refractivity contribution in [2.24, 2.45) is 0 Å². The van der Waals surface area contributed by atoms with Crippen LogP contribution in [0.2, 0.25) is 0 Å². The van der Waals surface area contributed by atoms with Gasteiger partial charge in [-0.15, -0.1) is 0 Å². The number of hydrogen-bond donors (Lipinski definition) is 1. The van der Waals surface area contributed by atoms with Gasteiger partial charge in [-0.1, -0.05) is 6.42 Å². The molecule has 0 aliphatic rings. The van der Waals surface area contributed by atoms with Crippen molar-refractivity contribution in [2.75, 3.05) is 26.8 Å². The summed E-state index contributed by atoms with van der Waals surface area (Å²) in [6.45, 7) is 6.22. The van der Waals surface area contributed by atoms with Crippen molar-refractivity contribution in [2.45, 2.75) is 45.6 Å². The Balaban J connectivity index is 3.12. The molecule has 0 aliphatic heterocycles. The summed E-state index contributed by atoms with van der Waals surface area (Å²) >= 11 is 0. The maximum atomic E-state index is 11.0. The molecule has 0 aliphatic carbocycles. The molecule has 0 fully saturated rings. The Morgan fingerprint density at radius 2 is 2.06 bits per heavy atom. The standard InChI is InChI=1S/C12H25NO3/c1-4-16-12(14)8-6-5-7-9-13-10-11(2)15-3/h11,13H,4-10H2,1-3H3. The van der Waals surface area contributed by atoms with E-state index in [1.54, 1.807) is 7.11 Å². The van der Waals surface area contributed by atoms with Crippen molar-refractivity contribution in [3.63, 3.8) is 0 Å². The lowest BCUT2D eigenvalue weighted by molar-refractivity contribution is -0.143. The zero-order valence-electron chi connectivity index (χ0n) is 10.8. The highest BCUT2D eigenvalue weighted by Gasteiger charge is 2.01. The lowest BCUT2D eigenvalue weighted by atomic mass is 10.2. The minimum atomic E-state index is -0.0801. The Labute approximate surface area is 98.7 Å². The largest absolute Gasteiger partial charge is 0.466 e. The highest BCUT2D eigenvalue weighted by atomic mass is 16.5. The number of carbonyl (C=O) groups is 1. The molecule has 0 amide bonds. The molecule has 0 aromatic carbocycles. The van der Waals surface area contributed by atoms with E-state index in [0.717, 1.165) is 32.4 Å². The molecule has 16 heavy (non-hydrogen) atoms. The molecule has 1 N–H and O–H groups in total. The van der Waals surface area contributed by atoms with Gasteiger partial charge in [0.1, 0.15) is 0 Å². The van der Waals surface area contributed by atoms with Crippen LogP contribution < -0.4 is 5.32 Å². The van der Waals surface area contributed by atoms with E-state index in [1.165, 1.54) is 0 Å². The second kappa shape index (κ2) is 10.9. The van der Waals surface area contributed by atoms with E-state index in [2.05, 4.69) is 5.32 Å². The van der Waals surface area contributed by atoms with Crippen LogP contribution in [0.15, 0.2) is 0 Å². The fourth-order valence-corrected chi connectivity index (χ4v) is 1.32. The number of rotatable bonds is 10. The van der Waals surface area contributed by atoms with Crippen LogP contribution in [0.5, 0.6) is 0 Å². The van der Waals surface area contributed by atoms with E-state index in [0.29, 0.717) is 13.0 Å². The fourth-order valence-electron chi connectivity index (χ4n) is 1.32. The molecule has 0 rings (SSSR count). The summed E-state index contributed by atoms with van der Waals surface area (Å²) in [5.41, 5.74) is 0. The van der Waals surface area contributed by atoms with Crippen molar-refractivity contribution in [3.8, 4) is 0 Å². The maximum Gasteiger partial charge on any atom is 0.305 e. The third-order valence-electron chi connectivity index (χ3n) is 2.37. The Morgan fingerprint density at radius 1 is 1.31 bits per heavy atom. The molecule has 0 bridgehead atoms. The van der Waals surface area contributed by atoms with Crippen molar-refractivity contribution < 1.29 is 14.3 Å². The lowest BCUT2D eigenvalue weighted by Crippen LogP contribution is -2.26. The molecule has 0 heterocycles. The summed E-state index contributed by atoms with van der Waals surface area (Å²) in [6, 6.07) is 0. The molecule has 1 atom stereocenters. The van der Waals surface area contributed by atoms with Crippen molar-refractivity contribution in [1.82, 2.24) is 5.32 Å². The molecule has 0 saturated heterocycles. The zero-order chi connectivity index (χ0) is 12.2. The minimum Gasteiger partial charge on any atom is -0.466 e. The van der Waals surface area contributed by atoms with Gasteiger partial charge < -0.3 is 14.8 Å². The van der Waals surface area contributed by atoms with Crippen LogP contribution in [0.1, 0.15) is 39.5 Å². The Kier molecular flexibility index (Phi) is 10.5. The smallest absolute Gasteiger partial charge is 0.305 e. The molecular weight excluding hydrogens is 206 g/mol. The lowest BCUT2D eigenvalue weighted by Gasteiger charge is -2.10. The summed E-state index contributed by atoms with van der Waals surface area (Å²) in [4.78, 5) is 11.0. The number of hydrogen-bond acceptors (Lipinski definition) is 4. The van der Waals surface area contributed by atoms with Crippen molar-refractivity contribution >= 4 is 5.97 Å². The Bertz CT molecular complexity index is 174. The van der Waals surface area contributed by atoms with Crippen LogP contribution in [0, 0.1) is 0 Å². The summed E-state index contributed by atoms with van der Waals surface area (Å²) in [5, 5.41) is 3.31. The normalized spacial score (nSPS) is 12.4. The highest BCUT2D eigenvalue weighted by Crippen LogP contribution is 2.00. The quantitative estimate of drug-likeness (QED) is 0.459. The number of esters is 1. The zero-order valence-corrected chi connectivity index (χ0v) is 10.8. The number of ether oxygens (including phenoxy) is 2. The molecule has 0 aromatic rings. The first kappa shape index (κ1) is 15.4. The molecule has 0 radical (unpaired) electrons. The van der Waals surface area contributed by atoms with E-state index in [-0.39, 0.29) is 12.1 Å². The monoisotopic (exact) mass is 231 g/mol. The average molecular weight is 231 g/mol. The second-order valence-electron chi connectivity index (χ2n) is 3.87. The number of nitrogens with one attached hydrogen (secondary N) is 1. The highest BCUT2D eigenvalue weighted by molar-refractivity contribution is 5.69. The molecular formula is C12H25NO3. The number of carbonyl (C=O) groups excluding carboxylic acids is 1. The summed E-state index contributed by atoms with van der Waals surface area (Å²) in [6.07, 6.45) is 3.88. The fraction of sp³-hybridized carbons (Fsp3) is 0.917. The van der Waals surface area contributed by atoms with Gasteiger partial charge in [0, 0.05) is 20.1 Å². The van der Waals surface area contributed by atoms with Gasteiger partial charge in [0.05, 0.1) is 12.7 Å². The van der Waals surface area contributed by atoms with E-state index >= 15 is 0 Å². The van der Waals surface area contributed by atoms with Crippen LogP contribution in [0.3, 0.4) is 0 Å². The third-order valence-corrected chi connectivity index (χ3v) is 2.37. The van der Waals surface area contributed by atoms with E-state index in [4.69, 9.17) is 9.47 Å². The van der Waals surface area contributed by atoms with Crippen LogP contribution in [-0.4, -0.2) is 38.9 Å². The van der Waals surface area contributed by atoms with E-state index < -0.39 is 0 Å². The predicted molar refractivity (Wildman–Crippen MR) is 64.4 cm³/mol. The summed E-state index contributed by atoms with van der Waals surface area (Å²) < 4.78 is 9.96. The average Bonchev–Trinajstić information content (AvgIpc) is 2.27. The van der Waals surface area contributed by atoms with Crippen molar-refractivity contribution in [3.05, 3.63) is 0 Å². The first-order valence-corrected chi connectivity index (χ1v) is 6.09. The summed E-state index contributed by atoms with van der Waals surface area (Å²) in [7, 11) is 1.71. The van der Waals surface area contributed by atoms with Crippen molar-refractivity contribution in [1.29, 1.82) is 0 Å². The molecule has 0 saturated carbocycles. The van der Waals surface area contributed by atoms with Crippen LogP contribution >= 0.6 is 0 Å². The van der Waals surface area contributed by atoms with Gasteiger partial charge in [-0.05, 0) is 33.2 Å². The second-order valence-corrected chi connectivity index (χ2v) is 3.87. The molecule has 4 heteroatoms. The van der Waals surface area contributed by atoms with Gasteiger partial charge in [-0.2, -0.15) is 0 Å². The molecule has 1 unspecified atom stereocenters. The topological polar surface area (TPSA) is 47.6 Å². The molecule has 0 spiro atoms. The SMILES string of the molecule is CCOC(=O)CCCCCNCC(C)OC. The van der Waals surface area contributed by atoms with Crippen LogP contribution in [-0.2, 0) is 14.3 Å². The van der Waals surface area contributed by atoms with Gasteiger partial charge in [0.25, 0.3) is 0 Å². The van der Waals surface area contributed by atoms with Gasteiger partial charge in [-0.25, -0.2) is 0 Å².